The van der Waals surface area contributed by atoms with Gasteiger partial charge in [0.2, 0.25) is 0 Å². The number of nitrogens with one attached hydrogen (secondary N) is 1. The van der Waals surface area contributed by atoms with Crippen molar-refractivity contribution < 1.29 is 9.53 Å². The smallest absolute Gasteiger partial charge is 0.305 e. The van der Waals surface area contributed by atoms with Crippen molar-refractivity contribution in [3.63, 3.8) is 0 Å². The third-order valence-corrected chi connectivity index (χ3v) is 2.87. The molecule has 110 valence electrons. The van der Waals surface area contributed by atoms with E-state index in [4.69, 9.17) is 5.73 Å². The van der Waals surface area contributed by atoms with Crippen molar-refractivity contribution in [1.82, 2.24) is 0 Å². The SMILES string of the molecule is COC(=O)CCCCCN=C(N)Nc1ccc(C)cc1. The van der Waals surface area contributed by atoms with Crippen molar-refractivity contribution in [3.05, 3.63) is 29.8 Å². The lowest BCUT2D eigenvalue weighted by molar-refractivity contribution is -0.140. The molecule has 0 saturated carbocycles. The zero-order valence-corrected chi connectivity index (χ0v) is 12.2. The van der Waals surface area contributed by atoms with Crippen molar-refractivity contribution in [2.45, 2.75) is 32.6 Å². The number of nitrogens with two attached hydrogens (primary N) is 1. The van der Waals surface area contributed by atoms with Crippen LogP contribution in [0.1, 0.15) is 31.2 Å². The second-order valence-corrected chi connectivity index (χ2v) is 4.64. The number of hydrogen-bond donors (Lipinski definition) is 2. The number of unbranched alkanes of at least 4 members (excludes halogenated alkanes) is 2. The summed E-state index contributed by atoms with van der Waals surface area (Å²) in [6.07, 6.45) is 3.15. The lowest BCUT2D eigenvalue weighted by atomic mass is 10.2. The van der Waals surface area contributed by atoms with E-state index in [0.717, 1.165) is 24.9 Å². The fourth-order valence-corrected chi connectivity index (χ4v) is 1.68. The Balaban J connectivity index is 2.18. The Bertz CT molecular complexity index is 441. The van der Waals surface area contributed by atoms with Gasteiger partial charge in [-0.25, -0.2) is 0 Å². The Hall–Kier alpha value is -2.04. The predicted molar refractivity (Wildman–Crippen MR) is 81.8 cm³/mol. The van der Waals surface area contributed by atoms with Gasteiger partial charge in [0.15, 0.2) is 5.96 Å². The van der Waals surface area contributed by atoms with Crippen LogP contribution in [0, 0.1) is 6.92 Å². The van der Waals surface area contributed by atoms with E-state index in [1.54, 1.807) is 0 Å². The minimum absolute atomic E-state index is 0.158. The highest BCUT2D eigenvalue weighted by Gasteiger charge is 1.99. The molecule has 0 heterocycles. The van der Waals surface area contributed by atoms with Gasteiger partial charge < -0.3 is 15.8 Å². The second kappa shape index (κ2) is 8.96. The van der Waals surface area contributed by atoms with Gasteiger partial charge in [0.25, 0.3) is 0 Å². The maximum absolute atomic E-state index is 10.9. The van der Waals surface area contributed by atoms with Crippen LogP contribution in [0.15, 0.2) is 29.3 Å². The number of ether oxygens (including phenoxy) is 1. The average molecular weight is 277 g/mol. The molecule has 0 aliphatic carbocycles. The number of benzene rings is 1. The molecule has 0 fully saturated rings. The lowest BCUT2D eigenvalue weighted by Gasteiger charge is -2.05. The van der Waals surface area contributed by atoms with Gasteiger partial charge in [-0.05, 0) is 31.9 Å². The second-order valence-electron chi connectivity index (χ2n) is 4.64. The highest BCUT2D eigenvalue weighted by Crippen LogP contribution is 2.08. The summed E-state index contributed by atoms with van der Waals surface area (Å²) in [7, 11) is 1.41. The Kier molecular flexibility index (Phi) is 7.17. The summed E-state index contributed by atoms with van der Waals surface area (Å²) in [5.41, 5.74) is 7.93. The fraction of sp³-hybridized carbons (Fsp3) is 0.467. The minimum atomic E-state index is -0.158. The number of anilines is 1. The van der Waals surface area contributed by atoms with E-state index in [2.05, 4.69) is 15.0 Å². The van der Waals surface area contributed by atoms with Crippen LogP contribution in [0.3, 0.4) is 0 Å². The molecule has 0 amide bonds. The highest BCUT2D eigenvalue weighted by atomic mass is 16.5. The molecule has 5 nitrogen and oxygen atoms in total. The molecule has 0 spiro atoms. The number of nitrogens with zero attached hydrogens (tertiary/aromatic N) is 1. The normalized spacial score (nSPS) is 11.2. The number of rotatable bonds is 7. The van der Waals surface area contributed by atoms with Crippen LogP contribution < -0.4 is 11.1 Å². The zero-order valence-electron chi connectivity index (χ0n) is 12.2. The van der Waals surface area contributed by atoms with Crippen LogP contribution in [-0.2, 0) is 9.53 Å². The summed E-state index contributed by atoms with van der Waals surface area (Å²) in [6.45, 7) is 2.70. The first-order valence-corrected chi connectivity index (χ1v) is 6.82. The number of methoxy groups -OCH3 is 1. The van der Waals surface area contributed by atoms with Crippen LogP contribution in [0.25, 0.3) is 0 Å². The molecule has 0 unspecified atom stereocenters. The molecule has 1 aromatic rings. The number of guanidine groups is 1. The van der Waals surface area contributed by atoms with Crippen molar-refractivity contribution >= 4 is 17.6 Å². The average Bonchev–Trinajstić information content (AvgIpc) is 2.44. The Morgan fingerprint density at radius 3 is 2.60 bits per heavy atom. The molecule has 1 rings (SSSR count). The molecule has 0 aliphatic heterocycles. The lowest BCUT2D eigenvalue weighted by Crippen LogP contribution is -2.22. The molecule has 0 aromatic heterocycles. The van der Waals surface area contributed by atoms with E-state index < -0.39 is 0 Å². The van der Waals surface area contributed by atoms with E-state index in [1.807, 2.05) is 31.2 Å². The molecule has 0 atom stereocenters. The van der Waals surface area contributed by atoms with Crippen LogP contribution in [-0.4, -0.2) is 25.6 Å². The Morgan fingerprint density at radius 1 is 1.25 bits per heavy atom. The van der Waals surface area contributed by atoms with Crippen molar-refractivity contribution in [2.75, 3.05) is 19.0 Å². The molecule has 20 heavy (non-hydrogen) atoms. The van der Waals surface area contributed by atoms with Crippen LogP contribution >= 0.6 is 0 Å². The van der Waals surface area contributed by atoms with E-state index in [0.29, 0.717) is 18.9 Å². The maximum atomic E-state index is 10.9. The first-order chi connectivity index (χ1) is 9.61. The summed E-state index contributed by atoms with van der Waals surface area (Å²) in [6, 6.07) is 7.97. The molecule has 5 heteroatoms. The first-order valence-electron chi connectivity index (χ1n) is 6.82. The standard InChI is InChI=1S/C15H23N3O2/c1-12-7-9-13(10-8-12)18-15(16)17-11-5-3-4-6-14(19)20-2/h7-10H,3-6,11H2,1-2H3,(H3,16,17,18). The summed E-state index contributed by atoms with van der Waals surface area (Å²) >= 11 is 0. The van der Waals surface area contributed by atoms with E-state index >= 15 is 0 Å². The number of esters is 1. The minimum Gasteiger partial charge on any atom is -0.469 e. The number of aryl methyl sites for hydroxylation is 1. The largest absolute Gasteiger partial charge is 0.469 e. The maximum Gasteiger partial charge on any atom is 0.305 e. The molecular weight excluding hydrogens is 254 g/mol. The topological polar surface area (TPSA) is 76.7 Å². The molecule has 0 bridgehead atoms. The number of carbonyl (C=O) groups excluding carboxylic acids is 1. The van der Waals surface area contributed by atoms with Gasteiger partial charge in [-0.1, -0.05) is 24.1 Å². The number of hydrogen-bond acceptors (Lipinski definition) is 3. The third kappa shape index (κ3) is 6.78. The Morgan fingerprint density at radius 2 is 1.95 bits per heavy atom. The van der Waals surface area contributed by atoms with Crippen LogP contribution in [0.5, 0.6) is 0 Å². The molecular formula is C15H23N3O2. The highest BCUT2D eigenvalue weighted by molar-refractivity contribution is 5.92. The van der Waals surface area contributed by atoms with Gasteiger partial charge in [-0.3, -0.25) is 9.79 Å². The van der Waals surface area contributed by atoms with Gasteiger partial charge in [0.05, 0.1) is 7.11 Å². The van der Waals surface area contributed by atoms with Crippen LogP contribution in [0.4, 0.5) is 5.69 Å². The van der Waals surface area contributed by atoms with Crippen molar-refractivity contribution in [3.8, 4) is 0 Å². The van der Waals surface area contributed by atoms with Gasteiger partial charge >= 0.3 is 5.97 Å². The summed E-state index contributed by atoms with van der Waals surface area (Å²) < 4.78 is 4.57. The summed E-state index contributed by atoms with van der Waals surface area (Å²) in [5, 5.41) is 3.04. The third-order valence-electron chi connectivity index (χ3n) is 2.87. The fourth-order valence-electron chi connectivity index (χ4n) is 1.68. The van der Waals surface area contributed by atoms with Crippen molar-refractivity contribution in [1.29, 1.82) is 0 Å². The first kappa shape index (κ1) is 16.0. The van der Waals surface area contributed by atoms with Crippen LogP contribution in [0.2, 0.25) is 0 Å². The predicted octanol–water partition coefficient (Wildman–Crippen LogP) is 2.46. The summed E-state index contributed by atoms with van der Waals surface area (Å²) in [5.74, 6) is 0.260. The zero-order chi connectivity index (χ0) is 14.8. The van der Waals surface area contributed by atoms with E-state index in [-0.39, 0.29) is 5.97 Å². The monoisotopic (exact) mass is 277 g/mol. The molecule has 1 aromatic carbocycles. The molecule has 0 aliphatic rings. The molecule has 0 radical (unpaired) electrons. The van der Waals surface area contributed by atoms with Gasteiger partial charge in [-0.2, -0.15) is 0 Å². The summed E-state index contributed by atoms with van der Waals surface area (Å²) in [4.78, 5) is 15.1. The number of aliphatic imine (C=N–C) groups is 1. The van der Waals surface area contributed by atoms with E-state index in [1.165, 1.54) is 12.7 Å². The quantitative estimate of drug-likeness (QED) is 0.347. The molecule has 0 saturated heterocycles. The van der Waals surface area contributed by atoms with E-state index in [9.17, 15) is 4.79 Å². The van der Waals surface area contributed by atoms with Gasteiger partial charge in [0.1, 0.15) is 0 Å². The van der Waals surface area contributed by atoms with Gasteiger partial charge in [-0.15, -0.1) is 0 Å². The van der Waals surface area contributed by atoms with Gasteiger partial charge in [0, 0.05) is 18.7 Å². The number of carbonyl (C=O) groups is 1. The van der Waals surface area contributed by atoms with Crippen molar-refractivity contribution in [2.24, 2.45) is 10.7 Å². The Labute approximate surface area is 120 Å². The molecule has 3 N–H and O–H groups in total.